The highest BCUT2D eigenvalue weighted by molar-refractivity contribution is 7.17. The van der Waals surface area contributed by atoms with E-state index in [2.05, 4.69) is 15.5 Å². The van der Waals surface area contributed by atoms with Gasteiger partial charge in [0.05, 0.1) is 12.1 Å². The molecule has 0 unspecified atom stereocenters. The lowest BCUT2D eigenvalue weighted by atomic mass is 9.95. The molecular weight excluding hydrogens is 382 g/mol. The van der Waals surface area contributed by atoms with Crippen molar-refractivity contribution in [3.8, 4) is 0 Å². The van der Waals surface area contributed by atoms with Crippen LogP contribution < -0.4 is 10.6 Å². The molecule has 1 aromatic heterocycles. The third kappa shape index (κ3) is 4.70. The van der Waals surface area contributed by atoms with E-state index in [1.54, 1.807) is 11.3 Å². The number of amides is 2. The smallest absolute Gasteiger partial charge is 0.258 e. The van der Waals surface area contributed by atoms with E-state index in [-0.39, 0.29) is 11.8 Å². The van der Waals surface area contributed by atoms with Crippen LogP contribution in [-0.4, -0.2) is 36.3 Å². The Morgan fingerprint density at radius 1 is 1.00 bits per heavy atom. The van der Waals surface area contributed by atoms with E-state index >= 15 is 0 Å². The minimum Gasteiger partial charge on any atom is -0.322 e. The molecule has 154 valence electrons. The van der Waals surface area contributed by atoms with Crippen LogP contribution >= 0.6 is 11.3 Å². The number of benzene rings is 1. The van der Waals surface area contributed by atoms with Crippen molar-refractivity contribution in [3.63, 3.8) is 0 Å². The first kappa shape index (κ1) is 20.1. The zero-order chi connectivity index (χ0) is 20.2. The molecule has 0 bridgehead atoms. The van der Waals surface area contributed by atoms with Crippen LogP contribution in [0.1, 0.15) is 58.5 Å². The molecule has 2 aliphatic rings. The molecule has 2 heterocycles. The lowest BCUT2D eigenvalue weighted by molar-refractivity contribution is -0.117. The Bertz CT molecular complexity index is 900. The topological polar surface area (TPSA) is 61.4 Å². The van der Waals surface area contributed by atoms with Crippen LogP contribution in [0.25, 0.3) is 0 Å². The predicted molar refractivity (Wildman–Crippen MR) is 119 cm³/mol. The number of rotatable bonds is 5. The lowest BCUT2D eigenvalue weighted by Crippen LogP contribution is -2.37. The van der Waals surface area contributed by atoms with Crippen molar-refractivity contribution in [1.82, 2.24) is 4.90 Å². The normalized spacial score (nSPS) is 16.9. The number of piperidine rings is 1. The zero-order valence-corrected chi connectivity index (χ0v) is 17.9. The van der Waals surface area contributed by atoms with E-state index in [4.69, 9.17) is 0 Å². The molecule has 1 aliphatic carbocycles. The second-order valence-corrected chi connectivity index (χ2v) is 9.17. The Balaban J connectivity index is 1.55. The molecule has 6 heteroatoms. The van der Waals surface area contributed by atoms with Crippen LogP contribution in [0.4, 0.5) is 10.7 Å². The van der Waals surface area contributed by atoms with Crippen molar-refractivity contribution in [1.29, 1.82) is 0 Å². The van der Waals surface area contributed by atoms with Crippen LogP contribution in [0.2, 0.25) is 0 Å². The molecule has 0 radical (unpaired) electrons. The highest BCUT2D eigenvalue weighted by Crippen LogP contribution is 2.38. The van der Waals surface area contributed by atoms with Gasteiger partial charge in [-0.25, -0.2) is 0 Å². The summed E-state index contributed by atoms with van der Waals surface area (Å²) in [4.78, 5) is 29.4. The van der Waals surface area contributed by atoms with Crippen molar-refractivity contribution in [3.05, 3.63) is 45.8 Å². The number of hydrogen-bond acceptors (Lipinski definition) is 4. The number of aryl methyl sites for hydroxylation is 2. The molecule has 5 nitrogen and oxygen atoms in total. The zero-order valence-electron chi connectivity index (χ0n) is 17.1. The number of hydrogen-bond donors (Lipinski definition) is 2. The maximum Gasteiger partial charge on any atom is 0.258 e. The summed E-state index contributed by atoms with van der Waals surface area (Å²) in [6, 6.07) is 7.79. The van der Waals surface area contributed by atoms with Gasteiger partial charge in [0.25, 0.3) is 5.91 Å². The summed E-state index contributed by atoms with van der Waals surface area (Å²) in [7, 11) is 0. The van der Waals surface area contributed by atoms with E-state index in [0.717, 1.165) is 68.4 Å². The summed E-state index contributed by atoms with van der Waals surface area (Å²) in [6.45, 7) is 4.35. The minimum atomic E-state index is -0.119. The molecule has 1 aliphatic heterocycles. The first-order valence-corrected chi connectivity index (χ1v) is 11.5. The van der Waals surface area contributed by atoms with Gasteiger partial charge < -0.3 is 10.6 Å². The number of thiophene rings is 1. The molecule has 0 atom stereocenters. The molecule has 2 aromatic rings. The van der Waals surface area contributed by atoms with Gasteiger partial charge in [-0.15, -0.1) is 11.3 Å². The number of fused-ring (bicyclic) bond motifs is 1. The lowest BCUT2D eigenvalue weighted by Gasteiger charge is -2.25. The number of nitrogens with zero attached hydrogens (tertiary/aromatic N) is 1. The van der Waals surface area contributed by atoms with Gasteiger partial charge in [0.15, 0.2) is 0 Å². The summed E-state index contributed by atoms with van der Waals surface area (Å²) < 4.78 is 0. The Hall–Kier alpha value is -2.18. The Morgan fingerprint density at radius 3 is 2.55 bits per heavy atom. The van der Waals surface area contributed by atoms with Crippen LogP contribution in [0.15, 0.2) is 24.3 Å². The monoisotopic (exact) mass is 411 g/mol. The molecule has 0 saturated carbocycles. The van der Waals surface area contributed by atoms with Crippen molar-refractivity contribution >= 4 is 33.8 Å². The van der Waals surface area contributed by atoms with Crippen molar-refractivity contribution in [2.75, 3.05) is 30.3 Å². The van der Waals surface area contributed by atoms with Gasteiger partial charge in [-0.2, -0.15) is 0 Å². The van der Waals surface area contributed by atoms with Crippen LogP contribution in [0.5, 0.6) is 0 Å². The van der Waals surface area contributed by atoms with Gasteiger partial charge in [-0.3, -0.25) is 14.5 Å². The number of carbonyl (C=O) groups is 2. The summed E-state index contributed by atoms with van der Waals surface area (Å²) >= 11 is 1.58. The standard InChI is InChI=1S/C23H29N3O2S/c1-16-9-3-5-11-18(16)24-22(28)21-17-10-4-6-12-19(17)29-23(21)25-20(27)15-26-13-7-2-8-14-26/h3,5,9,11H,2,4,6-8,10,12-15H2,1H3,(H,24,28)(H,25,27). The summed E-state index contributed by atoms with van der Waals surface area (Å²) in [5.74, 6) is -0.137. The molecule has 29 heavy (non-hydrogen) atoms. The van der Waals surface area contributed by atoms with Gasteiger partial charge >= 0.3 is 0 Å². The van der Waals surface area contributed by atoms with Gasteiger partial charge in [0.1, 0.15) is 5.00 Å². The minimum absolute atomic E-state index is 0.0181. The second kappa shape index (κ2) is 9.09. The van der Waals surface area contributed by atoms with E-state index < -0.39 is 0 Å². The quantitative estimate of drug-likeness (QED) is 0.755. The molecule has 0 spiro atoms. The van der Waals surface area contributed by atoms with E-state index in [1.807, 2.05) is 31.2 Å². The molecule has 4 rings (SSSR count). The van der Waals surface area contributed by atoms with Gasteiger partial charge in [-0.05, 0) is 75.7 Å². The molecule has 1 aromatic carbocycles. The van der Waals surface area contributed by atoms with Crippen molar-refractivity contribution < 1.29 is 9.59 Å². The highest BCUT2D eigenvalue weighted by Gasteiger charge is 2.27. The molecular formula is C23H29N3O2S. The first-order valence-electron chi connectivity index (χ1n) is 10.7. The van der Waals surface area contributed by atoms with Crippen molar-refractivity contribution in [2.24, 2.45) is 0 Å². The second-order valence-electron chi connectivity index (χ2n) is 8.07. The van der Waals surface area contributed by atoms with E-state index in [1.165, 1.54) is 11.3 Å². The average molecular weight is 412 g/mol. The molecule has 2 N–H and O–H groups in total. The largest absolute Gasteiger partial charge is 0.322 e. The van der Waals surface area contributed by atoms with Crippen LogP contribution in [0.3, 0.4) is 0 Å². The molecule has 1 fully saturated rings. The van der Waals surface area contributed by atoms with Gasteiger partial charge in [0, 0.05) is 10.6 Å². The Labute approximate surface area is 176 Å². The van der Waals surface area contributed by atoms with Crippen LogP contribution in [0, 0.1) is 6.92 Å². The summed E-state index contributed by atoms with van der Waals surface area (Å²) in [6.07, 6.45) is 7.70. The molecule has 1 saturated heterocycles. The third-order valence-corrected chi connectivity index (χ3v) is 7.07. The Morgan fingerprint density at radius 2 is 1.76 bits per heavy atom. The maximum absolute atomic E-state index is 13.2. The SMILES string of the molecule is Cc1ccccc1NC(=O)c1c(NC(=O)CN2CCCCC2)sc2c1CCCC2. The number of likely N-dealkylation sites (tertiary alicyclic amines) is 1. The fourth-order valence-corrected chi connectivity index (χ4v) is 5.58. The average Bonchev–Trinajstić information content (AvgIpc) is 3.08. The third-order valence-electron chi connectivity index (χ3n) is 5.86. The van der Waals surface area contributed by atoms with Crippen molar-refractivity contribution in [2.45, 2.75) is 51.9 Å². The fraction of sp³-hybridized carbons (Fsp3) is 0.478. The van der Waals surface area contributed by atoms with E-state index in [0.29, 0.717) is 17.1 Å². The summed E-state index contributed by atoms with van der Waals surface area (Å²) in [5, 5.41) is 6.85. The molecule has 2 amide bonds. The van der Waals surface area contributed by atoms with Gasteiger partial charge in [0.2, 0.25) is 5.91 Å². The Kier molecular flexibility index (Phi) is 6.31. The summed E-state index contributed by atoms with van der Waals surface area (Å²) in [5.41, 5.74) is 3.64. The van der Waals surface area contributed by atoms with Gasteiger partial charge in [-0.1, -0.05) is 24.6 Å². The predicted octanol–water partition coefficient (Wildman–Crippen LogP) is 4.61. The number of anilines is 2. The fourth-order valence-electron chi connectivity index (χ4n) is 4.28. The first-order chi connectivity index (χ1) is 14.1. The van der Waals surface area contributed by atoms with Crippen LogP contribution in [-0.2, 0) is 17.6 Å². The van der Waals surface area contributed by atoms with E-state index in [9.17, 15) is 9.59 Å². The number of carbonyl (C=O) groups excluding carboxylic acids is 2. The highest BCUT2D eigenvalue weighted by atomic mass is 32.1. The maximum atomic E-state index is 13.2. The number of nitrogens with one attached hydrogen (secondary N) is 2. The number of para-hydroxylation sites is 1.